The van der Waals surface area contributed by atoms with Crippen LogP contribution in [0.25, 0.3) is 5.82 Å². The second-order valence-electron chi connectivity index (χ2n) is 3.64. The first kappa shape index (κ1) is 11.1. The molecule has 0 spiro atoms. The molecule has 2 aromatic heterocycles. The normalized spacial score (nSPS) is 10.5. The van der Waals surface area contributed by atoms with Crippen molar-refractivity contribution in [1.82, 2.24) is 19.7 Å². The van der Waals surface area contributed by atoms with Gasteiger partial charge in [0.15, 0.2) is 11.5 Å². The van der Waals surface area contributed by atoms with Gasteiger partial charge in [-0.15, -0.1) is 0 Å². The Labute approximate surface area is 97.5 Å². The van der Waals surface area contributed by atoms with Gasteiger partial charge in [0, 0.05) is 0 Å². The maximum atomic E-state index is 11.0. The number of nitrogens with two attached hydrogens (primary N) is 2. The van der Waals surface area contributed by atoms with Crippen molar-refractivity contribution in [2.24, 2.45) is 5.73 Å². The average Bonchev–Trinajstić information content (AvgIpc) is 2.64. The number of rotatable bonds is 2. The van der Waals surface area contributed by atoms with Gasteiger partial charge in [0.05, 0.1) is 29.5 Å². The number of aromatic nitrogens is 4. The number of hydrogen-bond acceptors (Lipinski definition) is 5. The molecule has 2 aromatic rings. The third-order valence-electron chi connectivity index (χ3n) is 2.39. The van der Waals surface area contributed by atoms with Gasteiger partial charge in [-0.1, -0.05) is 0 Å². The predicted molar refractivity (Wildman–Crippen MR) is 61.6 cm³/mol. The van der Waals surface area contributed by atoms with Crippen molar-refractivity contribution in [3.05, 3.63) is 29.5 Å². The molecule has 0 saturated heterocycles. The van der Waals surface area contributed by atoms with Crippen LogP contribution in [0.2, 0.25) is 0 Å². The van der Waals surface area contributed by atoms with Gasteiger partial charge in [0.1, 0.15) is 0 Å². The number of hydrogen-bond donors (Lipinski definition) is 2. The smallest absolute Gasteiger partial charge is 0.271 e. The van der Waals surface area contributed by atoms with E-state index in [1.54, 1.807) is 6.20 Å². The summed E-state index contributed by atoms with van der Waals surface area (Å²) in [4.78, 5) is 19.5. The topological polar surface area (TPSA) is 113 Å². The first-order chi connectivity index (χ1) is 7.99. The lowest BCUT2D eigenvalue weighted by atomic mass is 10.3. The second-order valence-corrected chi connectivity index (χ2v) is 3.64. The highest BCUT2D eigenvalue weighted by atomic mass is 16.1. The van der Waals surface area contributed by atoms with Crippen molar-refractivity contribution >= 4 is 11.6 Å². The summed E-state index contributed by atoms with van der Waals surface area (Å²) in [6.07, 6.45) is 3.04. The molecule has 2 heterocycles. The summed E-state index contributed by atoms with van der Waals surface area (Å²) in [7, 11) is 0. The molecule has 0 aliphatic heterocycles. The van der Waals surface area contributed by atoms with Crippen LogP contribution in [0.1, 0.15) is 21.9 Å². The summed E-state index contributed by atoms with van der Waals surface area (Å²) in [5.41, 5.74) is 12.6. The molecule has 0 bridgehead atoms. The zero-order valence-corrected chi connectivity index (χ0v) is 9.51. The van der Waals surface area contributed by atoms with Crippen molar-refractivity contribution in [3.63, 3.8) is 0 Å². The SMILES string of the molecule is Cc1ncc(-n2cc(N)c(C(N)=O)n2)nc1C. The summed E-state index contributed by atoms with van der Waals surface area (Å²) in [6, 6.07) is 0. The van der Waals surface area contributed by atoms with Crippen LogP contribution >= 0.6 is 0 Å². The average molecular weight is 232 g/mol. The summed E-state index contributed by atoms with van der Waals surface area (Å²) >= 11 is 0. The quantitative estimate of drug-likeness (QED) is 0.754. The van der Waals surface area contributed by atoms with Crippen LogP contribution in [0.5, 0.6) is 0 Å². The Bertz CT molecular complexity index is 588. The highest BCUT2D eigenvalue weighted by molar-refractivity contribution is 5.95. The van der Waals surface area contributed by atoms with Crippen LogP contribution < -0.4 is 11.5 Å². The van der Waals surface area contributed by atoms with Gasteiger partial charge < -0.3 is 11.5 Å². The first-order valence-corrected chi connectivity index (χ1v) is 4.94. The van der Waals surface area contributed by atoms with Crippen LogP contribution in [-0.2, 0) is 0 Å². The summed E-state index contributed by atoms with van der Waals surface area (Å²) in [6.45, 7) is 3.70. The zero-order valence-electron chi connectivity index (χ0n) is 9.51. The highest BCUT2D eigenvalue weighted by Crippen LogP contribution is 2.12. The van der Waals surface area contributed by atoms with Gasteiger partial charge in [-0.2, -0.15) is 5.10 Å². The number of primary amides is 1. The maximum Gasteiger partial charge on any atom is 0.271 e. The van der Waals surface area contributed by atoms with E-state index in [9.17, 15) is 4.79 Å². The maximum absolute atomic E-state index is 11.0. The lowest BCUT2D eigenvalue weighted by Gasteiger charge is -2.02. The molecule has 0 aromatic carbocycles. The molecule has 88 valence electrons. The third kappa shape index (κ3) is 1.94. The van der Waals surface area contributed by atoms with E-state index in [4.69, 9.17) is 11.5 Å². The van der Waals surface area contributed by atoms with Crippen LogP contribution in [0, 0.1) is 13.8 Å². The van der Waals surface area contributed by atoms with Gasteiger partial charge in [-0.05, 0) is 13.8 Å². The van der Waals surface area contributed by atoms with E-state index >= 15 is 0 Å². The van der Waals surface area contributed by atoms with E-state index in [2.05, 4.69) is 15.1 Å². The summed E-state index contributed by atoms with van der Waals surface area (Å²) < 4.78 is 1.38. The Morgan fingerprint density at radius 3 is 2.59 bits per heavy atom. The summed E-state index contributed by atoms with van der Waals surface area (Å²) in [5, 5.41) is 3.96. The zero-order chi connectivity index (χ0) is 12.6. The van der Waals surface area contributed by atoms with E-state index in [1.165, 1.54) is 10.9 Å². The molecule has 7 heteroatoms. The molecular weight excluding hydrogens is 220 g/mol. The fourth-order valence-corrected chi connectivity index (χ4v) is 1.34. The minimum Gasteiger partial charge on any atom is -0.396 e. The molecule has 0 aliphatic rings. The molecule has 1 amide bonds. The minimum atomic E-state index is -0.668. The lowest BCUT2D eigenvalue weighted by molar-refractivity contribution is 0.0996. The Hall–Kier alpha value is -2.44. The van der Waals surface area contributed by atoms with E-state index in [-0.39, 0.29) is 11.4 Å². The fraction of sp³-hybridized carbons (Fsp3) is 0.200. The van der Waals surface area contributed by atoms with Crippen molar-refractivity contribution in [2.75, 3.05) is 5.73 Å². The molecule has 0 aliphatic carbocycles. The van der Waals surface area contributed by atoms with Gasteiger partial charge in [-0.3, -0.25) is 9.78 Å². The fourth-order valence-electron chi connectivity index (χ4n) is 1.34. The van der Waals surface area contributed by atoms with Crippen molar-refractivity contribution in [1.29, 1.82) is 0 Å². The molecule has 0 atom stereocenters. The Balaban J connectivity index is 2.50. The van der Waals surface area contributed by atoms with Crippen molar-refractivity contribution in [3.8, 4) is 5.82 Å². The molecule has 0 unspecified atom stereocenters. The summed E-state index contributed by atoms with van der Waals surface area (Å²) in [5.74, 6) is -0.176. The molecule has 17 heavy (non-hydrogen) atoms. The highest BCUT2D eigenvalue weighted by Gasteiger charge is 2.13. The molecule has 0 fully saturated rings. The Kier molecular flexibility index (Phi) is 2.51. The number of carbonyl (C=O) groups is 1. The third-order valence-corrected chi connectivity index (χ3v) is 2.39. The number of amides is 1. The van der Waals surface area contributed by atoms with Crippen LogP contribution in [0.4, 0.5) is 5.69 Å². The van der Waals surface area contributed by atoms with Gasteiger partial charge >= 0.3 is 0 Å². The molecule has 4 N–H and O–H groups in total. The number of nitrogens with zero attached hydrogens (tertiary/aromatic N) is 4. The first-order valence-electron chi connectivity index (χ1n) is 4.94. The Morgan fingerprint density at radius 2 is 2.06 bits per heavy atom. The van der Waals surface area contributed by atoms with Gasteiger partial charge in [-0.25, -0.2) is 9.67 Å². The van der Waals surface area contributed by atoms with Crippen LogP contribution in [0.15, 0.2) is 12.4 Å². The van der Waals surface area contributed by atoms with Gasteiger partial charge in [0.25, 0.3) is 5.91 Å². The number of carbonyl (C=O) groups excluding carboxylic acids is 1. The van der Waals surface area contributed by atoms with Crippen LogP contribution in [0.3, 0.4) is 0 Å². The predicted octanol–water partition coefficient (Wildman–Crippen LogP) is -0.0398. The van der Waals surface area contributed by atoms with Crippen LogP contribution in [-0.4, -0.2) is 25.7 Å². The van der Waals surface area contributed by atoms with E-state index in [0.717, 1.165) is 11.4 Å². The van der Waals surface area contributed by atoms with E-state index in [1.807, 2.05) is 13.8 Å². The second kappa shape index (κ2) is 3.85. The molecule has 0 saturated carbocycles. The van der Waals surface area contributed by atoms with Crippen molar-refractivity contribution in [2.45, 2.75) is 13.8 Å². The minimum absolute atomic E-state index is 0.0324. The monoisotopic (exact) mass is 232 g/mol. The number of aryl methyl sites for hydroxylation is 2. The standard InChI is InChI=1S/C10H12N6O/c1-5-6(2)14-8(3-13-5)16-4-7(11)9(15-16)10(12)17/h3-4H,11H2,1-2H3,(H2,12,17). The lowest BCUT2D eigenvalue weighted by Crippen LogP contribution is -2.14. The van der Waals surface area contributed by atoms with E-state index in [0.29, 0.717) is 5.82 Å². The van der Waals surface area contributed by atoms with Gasteiger partial charge in [0.2, 0.25) is 0 Å². The number of anilines is 1. The van der Waals surface area contributed by atoms with E-state index < -0.39 is 5.91 Å². The largest absolute Gasteiger partial charge is 0.396 e. The molecule has 0 radical (unpaired) electrons. The molecular formula is C10H12N6O. The molecule has 7 nitrogen and oxygen atoms in total. The van der Waals surface area contributed by atoms with Crippen molar-refractivity contribution < 1.29 is 4.79 Å². The Morgan fingerprint density at radius 1 is 1.35 bits per heavy atom. The molecule has 2 rings (SSSR count). The number of nitrogen functional groups attached to an aromatic ring is 1.